The van der Waals surface area contributed by atoms with Crippen LogP contribution >= 0.6 is 0 Å². The van der Waals surface area contributed by atoms with E-state index >= 15 is 0 Å². The molecule has 110 valence electrons. The van der Waals surface area contributed by atoms with Crippen LogP contribution in [0.2, 0.25) is 0 Å². The number of piperidine rings is 1. The van der Waals surface area contributed by atoms with Gasteiger partial charge in [-0.3, -0.25) is 9.69 Å². The predicted molar refractivity (Wildman–Crippen MR) is 76.7 cm³/mol. The molecule has 0 saturated carbocycles. The summed E-state index contributed by atoms with van der Waals surface area (Å²) in [7, 11) is 0. The van der Waals surface area contributed by atoms with Gasteiger partial charge < -0.3 is 10.2 Å². The van der Waals surface area contributed by atoms with Crippen molar-refractivity contribution in [2.75, 3.05) is 25.1 Å². The van der Waals surface area contributed by atoms with Crippen LogP contribution in [0.25, 0.3) is 0 Å². The quantitative estimate of drug-likeness (QED) is 0.477. The third-order valence-corrected chi connectivity index (χ3v) is 3.47. The molecule has 1 aromatic heterocycles. The molecule has 0 amide bonds. The number of pyridine rings is 1. The number of nitrogen functional groups attached to an aromatic ring is 1. The second-order valence-electron chi connectivity index (χ2n) is 4.98. The smallest absolute Gasteiger partial charge is 0.310 e. The number of anilines is 1. The highest BCUT2D eigenvalue weighted by Crippen LogP contribution is 2.19. The summed E-state index contributed by atoms with van der Waals surface area (Å²) in [6, 6.07) is 5.71. The minimum Gasteiger partial charge on any atom is -0.466 e. The molecule has 0 aliphatic carbocycles. The van der Waals surface area contributed by atoms with Crippen LogP contribution in [-0.4, -0.2) is 35.5 Å². The molecule has 1 unspecified atom stereocenters. The van der Waals surface area contributed by atoms with E-state index < -0.39 is 0 Å². The highest BCUT2D eigenvalue weighted by atomic mass is 16.5. The van der Waals surface area contributed by atoms with Gasteiger partial charge in [0.15, 0.2) is 0 Å². The summed E-state index contributed by atoms with van der Waals surface area (Å²) in [6.07, 6.45) is 1.92. The van der Waals surface area contributed by atoms with Gasteiger partial charge in [-0.15, -0.1) is 0 Å². The average molecular weight is 278 g/mol. The third kappa shape index (κ3) is 3.91. The third-order valence-electron chi connectivity index (χ3n) is 3.47. The number of carbonyl (C=O) groups is 1. The Morgan fingerprint density at radius 1 is 1.60 bits per heavy atom. The van der Waals surface area contributed by atoms with E-state index in [1.807, 2.05) is 25.1 Å². The van der Waals surface area contributed by atoms with Gasteiger partial charge in [0.2, 0.25) is 0 Å². The van der Waals surface area contributed by atoms with Crippen LogP contribution in [0.3, 0.4) is 0 Å². The fourth-order valence-corrected chi connectivity index (χ4v) is 2.53. The van der Waals surface area contributed by atoms with Crippen molar-refractivity contribution in [2.45, 2.75) is 26.3 Å². The van der Waals surface area contributed by atoms with Gasteiger partial charge in [0.05, 0.1) is 18.2 Å². The first-order valence-corrected chi connectivity index (χ1v) is 7.04. The number of rotatable bonds is 5. The Morgan fingerprint density at radius 3 is 3.20 bits per heavy atom. The van der Waals surface area contributed by atoms with Crippen LogP contribution in [0.15, 0.2) is 18.2 Å². The zero-order valence-electron chi connectivity index (χ0n) is 11.8. The zero-order chi connectivity index (χ0) is 14.4. The largest absolute Gasteiger partial charge is 0.466 e. The molecule has 1 aliphatic rings. The van der Waals surface area contributed by atoms with E-state index in [1.165, 1.54) is 0 Å². The maximum Gasteiger partial charge on any atom is 0.310 e. The molecule has 0 radical (unpaired) electrons. The first-order valence-electron chi connectivity index (χ1n) is 7.04. The Morgan fingerprint density at radius 2 is 2.45 bits per heavy atom. The van der Waals surface area contributed by atoms with Crippen LogP contribution in [-0.2, 0) is 16.1 Å². The number of aromatic nitrogens is 1. The molecule has 0 aromatic carbocycles. The van der Waals surface area contributed by atoms with Crippen molar-refractivity contribution >= 4 is 11.8 Å². The summed E-state index contributed by atoms with van der Waals surface area (Å²) in [5, 5.41) is 0. The molecule has 20 heavy (non-hydrogen) atoms. The Bertz CT molecular complexity index is 453. The molecule has 1 atom stereocenters. The molecule has 1 aromatic rings. The maximum atomic E-state index is 11.8. The van der Waals surface area contributed by atoms with Crippen LogP contribution in [0.4, 0.5) is 5.82 Å². The summed E-state index contributed by atoms with van der Waals surface area (Å²) in [4.78, 5) is 18.4. The lowest BCUT2D eigenvalue weighted by Gasteiger charge is -2.31. The minimum atomic E-state index is -0.0810. The van der Waals surface area contributed by atoms with Crippen LogP contribution < -0.4 is 11.3 Å². The SMILES string of the molecule is CCOC(=O)C1CCCN(Cc2cccc(NN)n2)C1. The number of nitrogens with two attached hydrogens (primary N) is 1. The molecule has 6 nitrogen and oxygen atoms in total. The molecular weight excluding hydrogens is 256 g/mol. The van der Waals surface area contributed by atoms with Crippen LogP contribution in [0, 0.1) is 5.92 Å². The highest BCUT2D eigenvalue weighted by Gasteiger charge is 2.26. The molecule has 2 heterocycles. The normalized spacial score (nSPS) is 19.6. The molecule has 3 N–H and O–H groups in total. The number of ether oxygens (including phenoxy) is 1. The lowest BCUT2D eigenvalue weighted by Crippen LogP contribution is -2.39. The van der Waals surface area contributed by atoms with E-state index in [0.29, 0.717) is 12.4 Å². The summed E-state index contributed by atoms with van der Waals surface area (Å²) < 4.78 is 5.11. The molecule has 2 rings (SSSR count). The number of carbonyl (C=O) groups excluding carboxylic acids is 1. The summed E-state index contributed by atoms with van der Waals surface area (Å²) in [5.41, 5.74) is 3.49. The van der Waals surface area contributed by atoms with Gasteiger partial charge in [-0.1, -0.05) is 6.07 Å². The lowest BCUT2D eigenvalue weighted by atomic mass is 9.98. The van der Waals surface area contributed by atoms with Gasteiger partial charge in [0.25, 0.3) is 0 Å². The van der Waals surface area contributed by atoms with E-state index in [0.717, 1.165) is 38.2 Å². The number of esters is 1. The van der Waals surface area contributed by atoms with Crippen molar-refractivity contribution in [3.8, 4) is 0 Å². The Hall–Kier alpha value is -1.66. The van der Waals surface area contributed by atoms with E-state index in [1.54, 1.807) is 0 Å². The van der Waals surface area contributed by atoms with Crippen molar-refractivity contribution in [1.82, 2.24) is 9.88 Å². The Balaban J connectivity index is 1.93. The monoisotopic (exact) mass is 278 g/mol. The number of likely N-dealkylation sites (tertiary alicyclic amines) is 1. The molecule has 1 fully saturated rings. The first kappa shape index (κ1) is 14.7. The second-order valence-corrected chi connectivity index (χ2v) is 4.98. The van der Waals surface area contributed by atoms with Gasteiger partial charge in [-0.25, -0.2) is 10.8 Å². The van der Waals surface area contributed by atoms with Gasteiger partial charge in [0, 0.05) is 13.1 Å². The van der Waals surface area contributed by atoms with Gasteiger partial charge in [-0.2, -0.15) is 0 Å². The predicted octanol–water partition coefficient (Wildman–Crippen LogP) is 1.14. The van der Waals surface area contributed by atoms with E-state index in [-0.39, 0.29) is 11.9 Å². The zero-order valence-corrected chi connectivity index (χ0v) is 11.8. The number of hydrogen-bond donors (Lipinski definition) is 2. The van der Waals surface area contributed by atoms with E-state index in [4.69, 9.17) is 10.6 Å². The molecule has 1 saturated heterocycles. The van der Waals surface area contributed by atoms with Crippen molar-refractivity contribution in [3.05, 3.63) is 23.9 Å². The van der Waals surface area contributed by atoms with Crippen LogP contribution in [0.1, 0.15) is 25.5 Å². The van der Waals surface area contributed by atoms with Crippen LogP contribution in [0.5, 0.6) is 0 Å². The Labute approximate surface area is 119 Å². The summed E-state index contributed by atoms with van der Waals surface area (Å²) in [6.45, 7) is 4.74. The van der Waals surface area contributed by atoms with E-state index in [2.05, 4.69) is 15.3 Å². The number of nitrogens with zero attached hydrogens (tertiary/aromatic N) is 2. The number of nitrogens with one attached hydrogen (secondary N) is 1. The fraction of sp³-hybridized carbons (Fsp3) is 0.571. The minimum absolute atomic E-state index is 0.0143. The first-order chi connectivity index (χ1) is 9.72. The molecule has 1 aliphatic heterocycles. The fourth-order valence-electron chi connectivity index (χ4n) is 2.53. The standard InChI is InChI=1S/C14H22N4O2/c1-2-20-14(19)11-5-4-8-18(9-11)10-12-6-3-7-13(16-12)17-15/h3,6-7,11H,2,4-5,8-10,15H2,1H3,(H,16,17). The maximum absolute atomic E-state index is 11.8. The molecule has 0 spiro atoms. The number of hydrogen-bond acceptors (Lipinski definition) is 6. The van der Waals surface area contributed by atoms with Crippen molar-refractivity contribution in [3.63, 3.8) is 0 Å². The lowest BCUT2D eigenvalue weighted by molar-refractivity contribution is -0.150. The van der Waals surface area contributed by atoms with Crippen molar-refractivity contribution in [2.24, 2.45) is 11.8 Å². The van der Waals surface area contributed by atoms with Gasteiger partial charge in [-0.05, 0) is 38.4 Å². The number of hydrazine groups is 1. The average Bonchev–Trinajstić information content (AvgIpc) is 2.48. The molecule has 0 bridgehead atoms. The van der Waals surface area contributed by atoms with E-state index in [9.17, 15) is 4.79 Å². The van der Waals surface area contributed by atoms with Crippen molar-refractivity contribution < 1.29 is 9.53 Å². The van der Waals surface area contributed by atoms with Gasteiger partial charge >= 0.3 is 5.97 Å². The molecular formula is C14H22N4O2. The molecule has 6 heteroatoms. The van der Waals surface area contributed by atoms with Crippen molar-refractivity contribution in [1.29, 1.82) is 0 Å². The highest BCUT2D eigenvalue weighted by molar-refractivity contribution is 5.72. The topological polar surface area (TPSA) is 80.5 Å². The summed E-state index contributed by atoms with van der Waals surface area (Å²) in [5.74, 6) is 5.92. The summed E-state index contributed by atoms with van der Waals surface area (Å²) >= 11 is 0. The Kier molecular flexibility index (Phi) is 5.31. The van der Waals surface area contributed by atoms with Gasteiger partial charge in [0.1, 0.15) is 5.82 Å². The second kappa shape index (κ2) is 7.21.